The summed E-state index contributed by atoms with van der Waals surface area (Å²) in [4.78, 5) is 24.7. The number of hydrogen-bond donors (Lipinski definition) is 1. The molecule has 102 valence electrons. The predicted octanol–water partition coefficient (Wildman–Crippen LogP) is 0.258. The zero-order valence-electron chi connectivity index (χ0n) is 10.6. The van der Waals surface area contributed by atoms with Crippen LogP contribution in [-0.4, -0.2) is 60.4 Å². The molecule has 1 saturated carbocycles. The van der Waals surface area contributed by atoms with Gasteiger partial charge in [0.1, 0.15) is 0 Å². The van der Waals surface area contributed by atoms with Crippen LogP contribution < -0.4 is 0 Å². The molecule has 6 heteroatoms. The van der Waals surface area contributed by atoms with E-state index in [1.54, 1.807) is 7.11 Å². The quantitative estimate of drug-likeness (QED) is 0.781. The van der Waals surface area contributed by atoms with Crippen molar-refractivity contribution in [3.8, 4) is 0 Å². The van der Waals surface area contributed by atoms with E-state index in [-0.39, 0.29) is 24.5 Å². The average Bonchev–Trinajstić information content (AvgIpc) is 2.33. The van der Waals surface area contributed by atoms with E-state index < -0.39 is 12.0 Å². The number of rotatable bonds is 4. The van der Waals surface area contributed by atoms with Crippen LogP contribution in [0.5, 0.6) is 0 Å². The SMILES string of the molecule is COC1(CC(=O)N2CCOCC2C(=O)O)CCC1. The molecule has 1 atom stereocenters. The minimum Gasteiger partial charge on any atom is -0.480 e. The maximum absolute atomic E-state index is 12.2. The Labute approximate surface area is 106 Å². The van der Waals surface area contributed by atoms with Crippen LogP contribution in [0.25, 0.3) is 0 Å². The number of nitrogens with zero attached hydrogens (tertiary/aromatic N) is 1. The zero-order valence-corrected chi connectivity index (χ0v) is 10.6. The Hall–Kier alpha value is -1.14. The third kappa shape index (κ3) is 2.49. The summed E-state index contributed by atoms with van der Waals surface area (Å²) < 4.78 is 10.5. The maximum atomic E-state index is 12.2. The van der Waals surface area contributed by atoms with Crippen LogP contribution in [0.3, 0.4) is 0 Å². The molecule has 1 N–H and O–H groups in total. The third-order valence-electron chi connectivity index (χ3n) is 3.91. The molecule has 0 bridgehead atoms. The Bertz CT molecular complexity index is 334. The fraction of sp³-hybridized carbons (Fsp3) is 0.833. The van der Waals surface area contributed by atoms with Crippen molar-refractivity contribution in [3.05, 3.63) is 0 Å². The van der Waals surface area contributed by atoms with E-state index in [1.165, 1.54) is 4.90 Å². The minimum absolute atomic E-state index is 0.0705. The lowest BCUT2D eigenvalue weighted by molar-refractivity contribution is -0.163. The first-order chi connectivity index (χ1) is 8.58. The van der Waals surface area contributed by atoms with Crippen LogP contribution in [-0.2, 0) is 19.1 Å². The molecule has 0 aromatic heterocycles. The average molecular weight is 257 g/mol. The van der Waals surface area contributed by atoms with Gasteiger partial charge in [0.05, 0.1) is 25.2 Å². The molecule has 0 aromatic rings. The summed E-state index contributed by atoms with van der Waals surface area (Å²) in [5, 5.41) is 9.08. The van der Waals surface area contributed by atoms with E-state index in [0.29, 0.717) is 13.2 Å². The van der Waals surface area contributed by atoms with Gasteiger partial charge in [0.25, 0.3) is 0 Å². The van der Waals surface area contributed by atoms with Gasteiger partial charge in [-0.25, -0.2) is 4.79 Å². The number of carboxylic acids is 1. The molecule has 1 aliphatic carbocycles. The normalized spacial score (nSPS) is 26.5. The van der Waals surface area contributed by atoms with Crippen LogP contribution >= 0.6 is 0 Å². The lowest BCUT2D eigenvalue weighted by Crippen LogP contribution is -2.55. The number of amides is 1. The molecule has 1 heterocycles. The van der Waals surface area contributed by atoms with Gasteiger partial charge in [-0.3, -0.25) is 4.79 Å². The summed E-state index contributed by atoms with van der Waals surface area (Å²) >= 11 is 0. The largest absolute Gasteiger partial charge is 0.480 e. The zero-order chi connectivity index (χ0) is 13.2. The second kappa shape index (κ2) is 5.24. The van der Waals surface area contributed by atoms with Crippen LogP contribution in [0.1, 0.15) is 25.7 Å². The summed E-state index contributed by atoms with van der Waals surface area (Å²) in [5.41, 5.74) is -0.363. The van der Waals surface area contributed by atoms with Gasteiger partial charge in [0.15, 0.2) is 6.04 Å². The van der Waals surface area contributed by atoms with Crippen molar-refractivity contribution < 1.29 is 24.2 Å². The number of morpholine rings is 1. The molecule has 2 rings (SSSR count). The highest BCUT2D eigenvalue weighted by Crippen LogP contribution is 2.38. The number of methoxy groups -OCH3 is 1. The summed E-state index contributed by atoms with van der Waals surface area (Å²) in [7, 11) is 1.61. The first kappa shape index (κ1) is 13.3. The fourth-order valence-electron chi connectivity index (χ4n) is 2.51. The molecule has 1 amide bonds. The van der Waals surface area contributed by atoms with Gasteiger partial charge < -0.3 is 19.5 Å². The van der Waals surface area contributed by atoms with E-state index in [2.05, 4.69) is 0 Å². The molecular formula is C12H19NO5. The van der Waals surface area contributed by atoms with Crippen LogP contribution in [0.4, 0.5) is 0 Å². The first-order valence-electron chi connectivity index (χ1n) is 6.23. The number of carbonyl (C=O) groups excluding carboxylic acids is 1. The first-order valence-corrected chi connectivity index (χ1v) is 6.23. The lowest BCUT2D eigenvalue weighted by atomic mass is 9.77. The Kier molecular flexibility index (Phi) is 3.87. The Morgan fingerprint density at radius 1 is 1.50 bits per heavy atom. The van der Waals surface area contributed by atoms with Crippen molar-refractivity contribution in [1.29, 1.82) is 0 Å². The summed E-state index contributed by atoms with van der Waals surface area (Å²) in [6, 6.07) is -0.861. The number of aliphatic carboxylic acids is 1. The van der Waals surface area contributed by atoms with Crippen molar-refractivity contribution in [2.75, 3.05) is 26.9 Å². The highest BCUT2D eigenvalue weighted by Gasteiger charge is 2.42. The summed E-state index contributed by atoms with van der Waals surface area (Å²) in [6.45, 7) is 0.812. The molecule has 2 aliphatic rings. The van der Waals surface area contributed by atoms with Crippen LogP contribution in [0, 0.1) is 0 Å². The second-order valence-corrected chi connectivity index (χ2v) is 4.93. The van der Waals surface area contributed by atoms with Gasteiger partial charge in [-0.05, 0) is 19.3 Å². The van der Waals surface area contributed by atoms with E-state index in [1.807, 2.05) is 0 Å². The van der Waals surface area contributed by atoms with Crippen LogP contribution in [0.15, 0.2) is 0 Å². The number of ether oxygens (including phenoxy) is 2. The molecular weight excluding hydrogens is 238 g/mol. The van der Waals surface area contributed by atoms with Crippen molar-refractivity contribution in [2.24, 2.45) is 0 Å². The van der Waals surface area contributed by atoms with E-state index in [4.69, 9.17) is 14.6 Å². The third-order valence-corrected chi connectivity index (χ3v) is 3.91. The Morgan fingerprint density at radius 3 is 2.72 bits per heavy atom. The van der Waals surface area contributed by atoms with Crippen molar-refractivity contribution in [3.63, 3.8) is 0 Å². The molecule has 18 heavy (non-hydrogen) atoms. The van der Waals surface area contributed by atoms with Gasteiger partial charge in [-0.15, -0.1) is 0 Å². The molecule has 0 aromatic carbocycles. The molecule has 6 nitrogen and oxygen atoms in total. The maximum Gasteiger partial charge on any atom is 0.328 e. The monoisotopic (exact) mass is 257 g/mol. The highest BCUT2D eigenvalue weighted by molar-refractivity contribution is 5.84. The van der Waals surface area contributed by atoms with Gasteiger partial charge in [-0.2, -0.15) is 0 Å². The van der Waals surface area contributed by atoms with Crippen LogP contribution in [0.2, 0.25) is 0 Å². The summed E-state index contributed by atoms with van der Waals surface area (Å²) in [5.74, 6) is -1.16. The highest BCUT2D eigenvalue weighted by atomic mass is 16.5. The van der Waals surface area contributed by atoms with E-state index >= 15 is 0 Å². The molecule has 1 unspecified atom stereocenters. The van der Waals surface area contributed by atoms with Crippen molar-refractivity contribution in [2.45, 2.75) is 37.3 Å². The molecule has 1 saturated heterocycles. The molecule has 2 fully saturated rings. The van der Waals surface area contributed by atoms with E-state index in [9.17, 15) is 9.59 Å². The topological polar surface area (TPSA) is 76.1 Å². The fourth-order valence-corrected chi connectivity index (χ4v) is 2.51. The number of hydrogen-bond acceptors (Lipinski definition) is 4. The van der Waals surface area contributed by atoms with Gasteiger partial charge in [-0.1, -0.05) is 0 Å². The molecule has 0 radical (unpaired) electrons. The van der Waals surface area contributed by atoms with Crippen molar-refractivity contribution in [1.82, 2.24) is 4.90 Å². The predicted molar refractivity (Wildman–Crippen MR) is 62.2 cm³/mol. The standard InChI is InChI=1S/C12H19NO5/c1-17-12(3-2-4-12)7-10(14)13-5-6-18-8-9(13)11(15)16/h9H,2-8H2,1H3,(H,15,16). The van der Waals surface area contributed by atoms with Gasteiger partial charge in [0, 0.05) is 13.7 Å². The molecule has 0 spiro atoms. The Morgan fingerprint density at radius 2 is 2.22 bits per heavy atom. The smallest absolute Gasteiger partial charge is 0.328 e. The minimum atomic E-state index is -1.01. The van der Waals surface area contributed by atoms with Gasteiger partial charge >= 0.3 is 5.97 Å². The Balaban J connectivity index is 2.00. The number of carbonyl (C=O) groups is 2. The van der Waals surface area contributed by atoms with Gasteiger partial charge in [0.2, 0.25) is 5.91 Å². The lowest BCUT2D eigenvalue weighted by Gasteiger charge is -2.42. The van der Waals surface area contributed by atoms with E-state index in [0.717, 1.165) is 19.3 Å². The van der Waals surface area contributed by atoms with Crippen molar-refractivity contribution >= 4 is 11.9 Å². The second-order valence-electron chi connectivity index (χ2n) is 4.93. The summed E-state index contributed by atoms with van der Waals surface area (Å²) in [6.07, 6.45) is 3.08. The number of carboxylic acid groups (broad SMARTS) is 1. The molecule has 1 aliphatic heterocycles.